The van der Waals surface area contributed by atoms with Gasteiger partial charge in [0, 0.05) is 6.04 Å². The Bertz CT molecular complexity index is 151. The van der Waals surface area contributed by atoms with E-state index in [1.54, 1.807) is 0 Å². The summed E-state index contributed by atoms with van der Waals surface area (Å²) in [4.78, 5) is 2.43. The topological polar surface area (TPSA) is 3.24 Å². The summed E-state index contributed by atoms with van der Waals surface area (Å²) in [7, 11) is 4.47. The fourth-order valence-electron chi connectivity index (χ4n) is 2.75. The molecule has 1 nitrogen and oxygen atoms in total. The zero-order valence-corrected chi connectivity index (χ0v) is 9.88. The summed E-state index contributed by atoms with van der Waals surface area (Å²) in [5.41, 5.74) is 0. The Hall–Kier alpha value is -0.0400. The average molecular weight is 183 g/mol. The van der Waals surface area contributed by atoms with Crippen molar-refractivity contribution in [1.29, 1.82) is 0 Å². The zero-order chi connectivity index (χ0) is 10.0. The van der Waals surface area contributed by atoms with Gasteiger partial charge in [-0.2, -0.15) is 0 Å². The van der Waals surface area contributed by atoms with Gasteiger partial charge in [0.2, 0.25) is 0 Å². The molecule has 1 aliphatic rings. The molecular weight excluding hydrogens is 158 g/mol. The Labute approximate surface area is 83.5 Å². The van der Waals surface area contributed by atoms with E-state index in [2.05, 4.69) is 39.8 Å². The minimum atomic E-state index is 0.823. The Balaban J connectivity index is 2.60. The van der Waals surface area contributed by atoms with Gasteiger partial charge in [0.1, 0.15) is 0 Å². The summed E-state index contributed by atoms with van der Waals surface area (Å²) < 4.78 is 0. The van der Waals surface area contributed by atoms with Crippen molar-refractivity contribution in [3.8, 4) is 0 Å². The van der Waals surface area contributed by atoms with Crippen LogP contribution in [0.5, 0.6) is 0 Å². The third kappa shape index (κ3) is 2.70. The van der Waals surface area contributed by atoms with E-state index >= 15 is 0 Å². The lowest BCUT2D eigenvalue weighted by molar-refractivity contribution is 0.0957. The van der Waals surface area contributed by atoms with Gasteiger partial charge in [-0.3, -0.25) is 0 Å². The van der Waals surface area contributed by atoms with Gasteiger partial charge in [-0.1, -0.05) is 27.2 Å². The van der Waals surface area contributed by atoms with E-state index in [-0.39, 0.29) is 0 Å². The van der Waals surface area contributed by atoms with Crippen LogP contribution < -0.4 is 0 Å². The fraction of sp³-hybridized carbons (Fsp3) is 1.00. The maximum atomic E-state index is 2.43. The number of rotatable bonds is 2. The van der Waals surface area contributed by atoms with Gasteiger partial charge in [-0.15, -0.1) is 0 Å². The lowest BCUT2D eigenvalue weighted by atomic mass is 9.73. The van der Waals surface area contributed by atoms with Crippen LogP contribution in [0.3, 0.4) is 0 Å². The van der Waals surface area contributed by atoms with E-state index in [1.807, 2.05) is 0 Å². The lowest BCUT2D eigenvalue weighted by Crippen LogP contribution is -2.42. The average Bonchev–Trinajstić information content (AvgIpc) is 2.03. The van der Waals surface area contributed by atoms with Crippen LogP contribution in [0.4, 0.5) is 0 Å². The predicted octanol–water partition coefficient (Wildman–Crippen LogP) is 3.01. The Kier molecular flexibility index (Phi) is 3.78. The highest BCUT2D eigenvalue weighted by Crippen LogP contribution is 2.35. The van der Waals surface area contributed by atoms with Gasteiger partial charge in [0.15, 0.2) is 0 Å². The zero-order valence-electron chi connectivity index (χ0n) is 9.88. The summed E-state index contributed by atoms with van der Waals surface area (Å²) in [5, 5.41) is 0. The molecular formula is C12H25N. The van der Waals surface area contributed by atoms with Crippen molar-refractivity contribution < 1.29 is 0 Å². The van der Waals surface area contributed by atoms with Crippen molar-refractivity contribution in [2.45, 2.75) is 46.1 Å². The van der Waals surface area contributed by atoms with Gasteiger partial charge in [-0.05, 0) is 44.7 Å². The maximum absolute atomic E-state index is 2.43. The van der Waals surface area contributed by atoms with Crippen LogP contribution in [0, 0.1) is 17.8 Å². The molecule has 0 aliphatic heterocycles. The standard InChI is InChI=1S/C12H25N/c1-9(2)11-7-6-10(3)8-12(11)13(4)5/h9-12H,6-8H2,1-5H3. The first-order valence-corrected chi connectivity index (χ1v) is 5.68. The molecule has 1 aliphatic carbocycles. The monoisotopic (exact) mass is 183 g/mol. The Morgan fingerprint density at radius 1 is 1.15 bits per heavy atom. The largest absolute Gasteiger partial charge is 0.306 e. The van der Waals surface area contributed by atoms with E-state index < -0.39 is 0 Å². The molecule has 0 heterocycles. The first-order chi connectivity index (χ1) is 6.02. The molecule has 1 heteroatoms. The summed E-state index contributed by atoms with van der Waals surface area (Å²) in [5.74, 6) is 2.70. The molecule has 3 atom stereocenters. The van der Waals surface area contributed by atoms with E-state index in [9.17, 15) is 0 Å². The normalized spacial score (nSPS) is 35.8. The molecule has 0 aromatic rings. The van der Waals surface area contributed by atoms with E-state index in [4.69, 9.17) is 0 Å². The summed E-state index contributed by atoms with van der Waals surface area (Å²) >= 11 is 0. The molecule has 0 spiro atoms. The minimum absolute atomic E-state index is 0.823. The molecule has 78 valence electrons. The highest BCUT2D eigenvalue weighted by atomic mass is 15.1. The predicted molar refractivity (Wildman–Crippen MR) is 58.8 cm³/mol. The van der Waals surface area contributed by atoms with E-state index in [1.165, 1.54) is 19.3 Å². The van der Waals surface area contributed by atoms with Crippen molar-refractivity contribution in [2.24, 2.45) is 17.8 Å². The second-order valence-electron chi connectivity index (χ2n) is 5.36. The van der Waals surface area contributed by atoms with Crippen molar-refractivity contribution in [3.05, 3.63) is 0 Å². The van der Waals surface area contributed by atoms with E-state index in [0.717, 1.165) is 23.8 Å². The van der Waals surface area contributed by atoms with Gasteiger partial charge in [0.05, 0.1) is 0 Å². The third-order valence-electron chi connectivity index (χ3n) is 3.65. The molecule has 0 saturated heterocycles. The second kappa shape index (κ2) is 4.45. The number of hydrogen-bond acceptors (Lipinski definition) is 1. The first-order valence-electron chi connectivity index (χ1n) is 5.68. The van der Waals surface area contributed by atoms with Crippen molar-refractivity contribution in [2.75, 3.05) is 14.1 Å². The Morgan fingerprint density at radius 2 is 1.77 bits per heavy atom. The lowest BCUT2D eigenvalue weighted by Gasteiger charge is -2.41. The van der Waals surface area contributed by atoms with Crippen LogP contribution in [0.1, 0.15) is 40.0 Å². The molecule has 0 aromatic carbocycles. The molecule has 0 aromatic heterocycles. The summed E-state index contributed by atoms with van der Waals surface area (Å²) in [6.45, 7) is 7.14. The van der Waals surface area contributed by atoms with Gasteiger partial charge in [0.25, 0.3) is 0 Å². The first kappa shape index (κ1) is 11.0. The molecule has 1 saturated carbocycles. The number of nitrogens with zero attached hydrogens (tertiary/aromatic N) is 1. The molecule has 3 unspecified atom stereocenters. The fourth-order valence-corrected chi connectivity index (χ4v) is 2.75. The summed E-state index contributed by atoms with van der Waals surface area (Å²) in [6.07, 6.45) is 4.27. The smallest absolute Gasteiger partial charge is 0.0122 e. The highest BCUT2D eigenvalue weighted by molar-refractivity contribution is 4.85. The van der Waals surface area contributed by atoms with Crippen LogP contribution in [0.25, 0.3) is 0 Å². The Morgan fingerprint density at radius 3 is 2.23 bits per heavy atom. The molecule has 0 amide bonds. The van der Waals surface area contributed by atoms with Crippen LogP contribution in [-0.2, 0) is 0 Å². The SMILES string of the molecule is CC1CCC(C(C)C)C(N(C)C)C1. The van der Waals surface area contributed by atoms with Crippen molar-refractivity contribution in [3.63, 3.8) is 0 Å². The minimum Gasteiger partial charge on any atom is -0.306 e. The summed E-state index contributed by atoms with van der Waals surface area (Å²) in [6, 6.07) is 0.823. The van der Waals surface area contributed by atoms with E-state index in [0.29, 0.717) is 0 Å². The second-order valence-corrected chi connectivity index (χ2v) is 5.36. The van der Waals surface area contributed by atoms with Crippen molar-refractivity contribution >= 4 is 0 Å². The van der Waals surface area contributed by atoms with Crippen LogP contribution >= 0.6 is 0 Å². The van der Waals surface area contributed by atoms with Gasteiger partial charge in [-0.25, -0.2) is 0 Å². The third-order valence-corrected chi connectivity index (χ3v) is 3.65. The van der Waals surface area contributed by atoms with Crippen molar-refractivity contribution in [1.82, 2.24) is 4.90 Å². The molecule has 1 rings (SSSR count). The van der Waals surface area contributed by atoms with Gasteiger partial charge >= 0.3 is 0 Å². The molecule has 13 heavy (non-hydrogen) atoms. The van der Waals surface area contributed by atoms with Crippen LogP contribution in [0.2, 0.25) is 0 Å². The molecule has 1 fully saturated rings. The number of hydrogen-bond donors (Lipinski definition) is 0. The molecule has 0 radical (unpaired) electrons. The van der Waals surface area contributed by atoms with Crippen LogP contribution in [-0.4, -0.2) is 25.0 Å². The van der Waals surface area contributed by atoms with Gasteiger partial charge < -0.3 is 4.90 Å². The maximum Gasteiger partial charge on any atom is 0.0122 e. The molecule has 0 bridgehead atoms. The highest BCUT2D eigenvalue weighted by Gasteiger charge is 2.31. The van der Waals surface area contributed by atoms with Crippen LogP contribution in [0.15, 0.2) is 0 Å². The molecule has 0 N–H and O–H groups in total. The quantitative estimate of drug-likeness (QED) is 0.636.